The predicted octanol–water partition coefficient (Wildman–Crippen LogP) is 3.72. The van der Waals surface area contributed by atoms with Gasteiger partial charge >= 0.3 is 5.97 Å². The van der Waals surface area contributed by atoms with E-state index >= 15 is 0 Å². The first-order chi connectivity index (χ1) is 11.7. The number of carboxylic acid groups (broad SMARTS) is 1. The topological polar surface area (TPSA) is 49.8 Å². The van der Waals surface area contributed by atoms with Gasteiger partial charge in [0.1, 0.15) is 0 Å². The number of aliphatic carboxylic acids is 1. The number of hydrogen-bond acceptors (Lipinski definition) is 3. The van der Waals surface area contributed by atoms with E-state index in [1.54, 1.807) is 0 Å². The number of carbonyl (C=O) groups is 1. The molecule has 3 rings (SSSR count). The quantitative estimate of drug-likeness (QED) is 0.849. The summed E-state index contributed by atoms with van der Waals surface area (Å²) in [5.41, 5.74) is 0.0861. The summed E-state index contributed by atoms with van der Waals surface area (Å²) >= 11 is 0. The molecule has 0 saturated carbocycles. The molecule has 1 atom stereocenters. The summed E-state index contributed by atoms with van der Waals surface area (Å²) in [5, 5.41) is 12.3. The fraction of sp³-hybridized carbons (Fsp3) is 0.450. The number of benzene rings is 2. The molecule has 2 aromatic rings. The highest BCUT2D eigenvalue weighted by atomic mass is 35.5. The van der Waals surface area contributed by atoms with Crippen molar-refractivity contribution in [2.24, 2.45) is 0 Å². The Hall–Kier alpha value is -1.62. The van der Waals surface area contributed by atoms with Crippen LogP contribution in [0.25, 0.3) is 10.8 Å². The van der Waals surface area contributed by atoms with Gasteiger partial charge < -0.3 is 9.84 Å². The Kier molecular flexibility index (Phi) is 6.82. The third-order valence-corrected chi connectivity index (χ3v) is 5.28. The number of morpholine rings is 1. The maximum absolute atomic E-state index is 12.3. The van der Waals surface area contributed by atoms with Crippen LogP contribution in [0.1, 0.15) is 25.3 Å². The molecule has 1 unspecified atom stereocenters. The third-order valence-electron chi connectivity index (χ3n) is 5.28. The standard InChI is InChI=1S/C20H25NO3.ClH/c1-2-20(19(22)23,10-11-21-12-14-24-15-13-21)18-9-5-7-16-6-3-4-8-17(16)18;/h3-9H,2,10-15H2,1H3,(H,22,23);1H. The average molecular weight is 364 g/mol. The van der Waals surface area contributed by atoms with Gasteiger partial charge in [0.05, 0.1) is 18.6 Å². The molecular formula is C20H26ClNO3. The zero-order chi connectivity index (χ0) is 17.0. The lowest BCUT2D eigenvalue weighted by atomic mass is 9.73. The summed E-state index contributed by atoms with van der Waals surface area (Å²) in [7, 11) is 0. The van der Waals surface area contributed by atoms with Crippen LogP contribution >= 0.6 is 12.4 Å². The van der Waals surface area contributed by atoms with Gasteiger partial charge in [0.25, 0.3) is 0 Å². The minimum Gasteiger partial charge on any atom is -0.481 e. The largest absolute Gasteiger partial charge is 0.481 e. The Bertz CT molecular complexity index is 710. The van der Waals surface area contributed by atoms with E-state index in [-0.39, 0.29) is 12.4 Å². The Morgan fingerprint density at radius 1 is 1.16 bits per heavy atom. The monoisotopic (exact) mass is 363 g/mol. The SMILES string of the molecule is CCC(CCN1CCOCC1)(C(=O)O)c1cccc2ccccc12.Cl. The van der Waals surface area contributed by atoms with Gasteiger partial charge in [0.2, 0.25) is 0 Å². The zero-order valence-electron chi connectivity index (χ0n) is 14.6. The van der Waals surface area contributed by atoms with Crippen LogP contribution in [-0.4, -0.2) is 48.8 Å². The van der Waals surface area contributed by atoms with Crippen molar-refractivity contribution >= 4 is 29.1 Å². The summed E-state index contributed by atoms with van der Waals surface area (Å²) in [5.74, 6) is -0.727. The first-order valence-electron chi connectivity index (χ1n) is 8.69. The molecular weight excluding hydrogens is 338 g/mol. The second-order valence-electron chi connectivity index (χ2n) is 6.47. The molecule has 1 fully saturated rings. The molecule has 0 spiro atoms. The number of hydrogen-bond donors (Lipinski definition) is 1. The molecule has 2 aromatic carbocycles. The number of halogens is 1. The Morgan fingerprint density at radius 2 is 1.84 bits per heavy atom. The highest BCUT2D eigenvalue weighted by Crippen LogP contribution is 2.37. The van der Waals surface area contributed by atoms with Gasteiger partial charge in [-0.2, -0.15) is 0 Å². The minimum atomic E-state index is -0.848. The van der Waals surface area contributed by atoms with E-state index in [9.17, 15) is 9.90 Å². The molecule has 136 valence electrons. The molecule has 0 amide bonds. The normalized spacial score (nSPS) is 17.6. The van der Waals surface area contributed by atoms with Crippen molar-refractivity contribution < 1.29 is 14.6 Å². The lowest BCUT2D eigenvalue weighted by molar-refractivity contribution is -0.144. The van der Waals surface area contributed by atoms with E-state index in [1.807, 2.05) is 49.4 Å². The van der Waals surface area contributed by atoms with Crippen LogP contribution in [0.4, 0.5) is 0 Å². The summed E-state index contributed by atoms with van der Waals surface area (Å²) in [4.78, 5) is 14.6. The van der Waals surface area contributed by atoms with E-state index < -0.39 is 11.4 Å². The van der Waals surface area contributed by atoms with E-state index in [0.29, 0.717) is 12.8 Å². The Balaban J connectivity index is 0.00000225. The molecule has 0 aromatic heterocycles. The molecule has 0 bridgehead atoms. The molecule has 1 N–H and O–H groups in total. The molecule has 0 radical (unpaired) electrons. The molecule has 1 aliphatic heterocycles. The lowest BCUT2D eigenvalue weighted by Gasteiger charge is -2.34. The second-order valence-corrected chi connectivity index (χ2v) is 6.47. The molecule has 25 heavy (non-hydrogen) atoms. The van der Waals surface area contributed by atoms with Crippen LogP contribution in [-0.2, 0) is 14.9 Å². The van der Waals surface area contributed by atoms with E-state index in [2.05, 4.69) is 4.90 Å². The summed E-state index contributed by atoms with van der Waals surface area (Å²) in [6.45, 7) is 6.01. The van der Waals surface area contributed by atoms with Crippen LogP contribution in [0.3, 0.4) is 0 Å². The average Bonchev–Trinajstić information content (AvgIpc) is 2.63. The minimum absolute atomic E-state index is 0. The van der Waals surface area contributed by atoms with E-state index in [1.165, 1.54) is 0 Å². The van der Waals surface area contributed by atoms with Gasteiger partial charge in [0.15, 0.2) is 0 Å². The number of nitrogens with zero attached hydrogens (tertiary/aromatic N) is 1. The molecule has 1 saturated heterocycles. The first-order valence-corrected chi connectivity index (χ1v) is 8.69. The molecule has 1 heterocycles. The third kappa shape index (κ3) is 3.97. The van der Waals surface area contributed by atoms with Crippen LogP contribution in [0.2, 0.25) is 0 Å². The van der Waals surface area contributed by atoms with Crippen LogP contribution in [0, 0.1) is 0 Å². The Morgan fingerprint density at radius 3 is 2.52 bits per heavy atom. The van der Waals surface area contributed by atoms with Gasteiger partial charge in [-0.05, 0) is 35.7 Å². The van der Waals surface area contributed by atoms with Gasteiger partial charge in [-0.1, -0.05) is 49.4 Å². The second kappa shape index (κ2) is 8.65. The maximum atomic E-state index is 12.3. The molecule has 5 heteroatoms. The maximum Gasteiger partial charge on any atom is 0.314 e. The van der Waals surface area contributed by atoms with Crippen molar-refractivity contribution in [3.63, 3.8) is 0 Å². The van der Waals surface area contributed by atoms with Crippen molar-refractivity contribution in [1.29, 1.82) is 0 Å². The fourth-order valence-electron chi connectivity index (χ4n) is 3.69. The summed E-state index contributed by atoms with van der Waals surface area (Å²) in [6, 6.07) is 14.1. The van der Waals surface area contributed by atoms with Gasteiger partial charge in [0, 0.05) is 13.1 Å². The number of rotatable bonds is 6. The first kappa shape index (κ1) is 19.7. The lowest BCUT2D eigenvalue weighted by Crippen LogP contribution is -2.42. The van der Waals surface area contributed by atoms with Crippen molar-refractivity contribution in [2.45, 2.75) is 25.2 Å². The van der Waals surface area contributed by atoms with Crippen molar-refractivity contribution in [3.8, 4) is 0 Å². The van der Waals surface area contributed by atoms with E-state index in [0.717, 1.165) is 49.2 Å². The van der Waals surface area contributed by atoms with Crippen molar-refractivity contribution in [1.82, 2.24) is 4.90 Å². The van der Waals surface area contributed by atoms with Crippen LogP contribution in [0.5, 0.6) is 0 Å². The van der Waals surface area contributed by atoms with Gasteiger partial charge in [-0.3, -0.25) is 9.69 Å². The molecule has 4 nitrogen and oxygen atoms in total. The summed E-state index contributed by atoms with van der Waals surface area (Å²) in [6.07, 6.45) is 1.20. The smallest absolute Gasteiger partial charge is 0.314 e. The molecule has 1 aliphatic rings. The zero-order valence-corrected chi connectivity index (χ0v) is 15.4. The fourth-order valence-corrected chi connectivity index (χ4v) is 3.69. The highest BCUT2D eigenvalue weighted by Gasteiger charge is 2.39. The Labute approximate surface area is 155 Å². The van der Waals surface area contributed by atoms with Crippen LogP contribution in [0.15, 0.2) is 42.5 Å². The van der Waals surface area contributed by atoms with Crippen molar-refractivity contribution in [3.05, 3.63) is 48.0 Å². The van der Waals surface area contributed by atoms with Gasteiger partial charge in [-0.15, -0.1) is 12.4 Å². The van der Waals surface area contributed by atoms with Gasteiger partial charge in [-0.25, -0.2) is 0 Å². The number of ether oxygens (including phenoxy) is 1. The highest BCUT2D eigenvalue weighted by molar-refractivity contribution is 5.93. The molecule has 0 aliphatic carbocycles. The summed E-state index contributed by atoms with van der Waals surface area (Å²) < 4.78 is 5.39. The van der Waals surface area contributed by atoms with Crippen LogP contribution < -0.4 is 0 Å². The van der Waals surface area contributed by atoms with Crippen molar-refractivity contribution in [2.75, 3.05) is 32.8 Å². The predicted molar refractivity (Wildman–Crippen MR) is 103 cm³/mol. The number of fused-ring (bicyclic) bond motifs is 1. The van der Waals surface area contributed by atoms with E-state index in [4.69, 9.17) is 4.74 Å². The number of carboxylic acids is 1.